The number of nitrogens with zero attached hydrogens (tertiary/aromatic N) is 2. The third kappa shape index (κ3) is 2.07. The first-order chi connectivity index (χ1) is 6.86. The van der Waals surface area contributed by atoms with E-state index in [1.807, 2.05) is 0 Å². The average Bonchev–Trinajstić information content (AvgIpc) is 2.72. The Morgan fingerprint density at radius 2 is 2.21 bits per heavy atom. The van der Waals surface area contributed by atoms with Crippen LogP contribution in [0.25, 0.3) is 0 Å². The van der Waals surface area contributed by atoms with E-state index in [9.17, 15) is 4.79 Å². The molecule has 1 amide bonds. The van der Waals surface area contributed by atoms with Crippen LogP contribution in [0.2, 0.25) is 0 Å². The number of carbonyl (C=O) groups excluding carboxylic acids is 1. The molecule has 14 heavy (non-hydrogen) atoms. The lowest BCUT2D eigenvalue weighted by molar-refractivity contribution is 0.0932. The zero-order valence-corrected chi connectivity index (χ0v) is 7.94. The molecule has 0 bridgehead atoms. The first-order valence-corrected chi connectivity index (χ1v) is 4.93. The Kier molecular flexibility index (Phi) is 2.72. The van der Waals surface area contributed by atoms with Gasteiger partial charge in [0.2, 0.25) is 0 Å². The summed E-state index contributed by atoms with van der Waals surface area (Å²) in [6, 6.07) is 1.97. The normalized spacial score (nSPS) is 16.9. The van der Waals surface area contributed by atoms with Gasteiger partial charge >= 0.3 is 0 Å². The zero-order chi connectivity index (χ0) is 9.80. The summed E-state index contributed by atoms with van der Waals surface area (Å²) in [7, 11) is 0. The number of carbonyl (C=O) groups is 1. The molecule has 1 aromatic heterocycles. The van der Waals surface area contributed by atoms with Gasteiger partial charge in [0, 0.05) is 12.2 Å². The lowest BCUT2D eigenvalue weighted by Crippen LogP contribution is -2.33. The van der Waals surface area contributed by atoms with Crippen LogP contribution in [0.3, 0.4) is 0 Å². The molecule has 0 radical (unpaired) electrons. The van der Waals surface area contributed by atoms with Crippen molar-refractivity contribution in [1.82, 2.24) is 15.3 Å². The van der Waals surface area contributed by atoms with E-state index in [4.69, 9.17) is 0 Å². The molecule has 0 saturated heterocycles. The number of rotatable bonds is 2. The number of nitrogens with one attached hydrogen (secondary N) is 1. The van der Waals surface area contributed by atoms with E-state index in [-0.39, 0.29) is 5.91 Å². The van der Waals surface area contributed by atoms with Crippen LogP contribution in [-0.4, -0.2) is 21.9 Å². The highest BCUT2D eigenvalue weighted by molar-refractivity contribution is 5.92. The summed E-state index contributed by atoms with van der Waals surface area (Å²) in [5.74, 6) is -0.0840. The monoisotopic (exact) mass is 191 g/mol. The molecule has 1 heterocycles. The summed E-state index contributed by atoms with van der Waals surface area (Å²) in [5, 5.41) is 2.97. The molecule has 1 aromatic rings. The van der Waals surface area contributed by atoms with Crippen molar-refractivity contribution < 1.29 is 4.79 Å². The fourth-order valence-electron chi connectivity index (χ4n) is 1.75. The predicted molar refractivity (Wildman–Crippen MR) is 51.8 cm³/mol. The second kappa shape index (κ2) is 4.17. The van der Waals surface area contributed by atoms with Crippen LogP contribution in [-0.2, 0) is 0 Å². The Morgan fingerprint density at radius 1 is 1.43 bits per heavy atom. The standard InChI is InChI=1S/C10H13N3O/c14-10(9-5-6-11-7-12-9)13-8-3-1-2-4-8/h5-8H,1-4H2,(H,13,14). The summed E-state index contributed by atoms with van der Waals surface area (Å²) in [4.78, 5) is 19.3. The first-order valence-electron chi connectivity index (χ1n) is 4.93. The maximum absolute atomic E-state index is 11.6. The van der Waals surface area contributed by atoms with Gasteiger partial charge in [-0.15, -0.1) is 0 Å². The number of hydrogen-bond donors (Lipinski definition) is 1. The molecular weight excluding hydrogens is 178 g/mol. The SMILES string of the molecule is O=C(NC1CCCC1)c1ccncn1. The van der Waals surface area contributed by atoms with Crippen molar-refractivity contribution in [2.45, 2.75) is 31.7 Å². The molecule has 1 fully saturated rings. The van der Waals surface area contributed by atoms with Gasteiger partial charge in [0.05, 0.1) is 0 Å². The molecule has 4 heteroatoms. The summed E-state index contributed by atoms with van der Waals surface area (Å²) in [6.45, 7) is 0. The lowest BCUT2D eigenvalue weighted by atomic mass is 10.2. The number of amides is 1. The molecule has 1 saturated carbocycles. The van der Waals surface area contributed by atoms with Crippen molar-refractivity contribution in [3.8, 4) is 0 Å². The van der Waals surface area contributed by atoms with Crippen LogP contribution in [0, 0.1) is 0 Å². The Hall–Kier alpha value is -1.45. The molecule has 1 aliphatic carbocycles. The molecular formula is C10H13N3O. The minimum atomic E-state index is -0.0840. The maximum atomic E-state index is 11.6. The van der Waals surface area contributed by atoms with Gasteiger partial charge in [0.15, 0.2) is 0 Å². The fraction of sp³-hybridized carbons (Fsp3) is 0.500. The van der Waals surface area contributed by atoms with Crippen molar-refractivity contribution in [1.29, 1.82) is 0 Å². The minimum Gasteiger partial charge on any atom is -0.348 e. The van der Waals surface area contributed by atoms with Gasteiger partial charge in [-0.3, -0.25) is 4.79 Å². The summed E-state index contributed by atoms with van der Waals surface area (Å²) < 4.78 is 0. The Labute approximate surface area is 82.8 Å². The van der Waals surface area contributed by atoms with Crippen molar-refractivity contribution in [2.75, 3.05) is 0 Å². The van der Waals surface area contributed by atoms with E-state index in [2.05, 4.69) is 15.3 Å². The Balaban J connectivity index is 1.95. The molecule has 0 atom stereocenters. The number of aromatic nitrogens is 2. The molecule has 0 aliphatic heterocycles. The van der Waals surface area contributed by atoms with Crippen molar-refractivity contribution in [2.24, 2.45) is 0 Å². The minimum absolute atomic E-state index is 0.0840. The summed E-state index contributed by atoms with van der Waals surface area (Å²) in [6.07, 6.45) is 7.59. The molecule has 2 rings (SSSR count). The zero-order valence-electron chi connectivity index (χ0n) is 7.94. The Bertz CT molecular complexity index is 306. The van der Waals surface area contributed by atoms with Crippen LogP contribution in [0.5, 0.6) is 0 Å². The van der Waals surface area contributed by atoms with Gasteiger partial charge < -0.3 is 5.32 Å². The average molecular weight is 191 g/mol. The van der Waals surface area contributed by atoms with Crippen LogP contribution >= 0.6 is 0 Å². The van der Waals surface area contributed by atoms with E-state index in [0.29, 0.717) is 11.7 Å². The molecule has 1 aliphatic rings. The van der Waals surface area contributed by atoms with E-state index >= 15 is 0 Å². The summed E-state index contributed by atoms with van der Waals surface area (Å²) in [5.41, 5.74) is 0.451. The summed E-state index contributed by atoms with van der Waals surface area (Å²) >= 11 is 0. The van der Waals surface area contributed by atoms with E-state index in [0.717, 1.165) is 12.8 Å². The highest BCUT2D eigenvalue weighted by atomic mass is 16.1. The lowest BCUT2D eigenvalue weighted by Gasteiger charge is -2.10. The van der Waals surface area contributed by atoms with Crippen LogP contribution < -0.4 is 5.32 Å². The predicted octanol–water partition coefficient (Wildman–Crippen LogP) is 1.15. The molecule has 74 valence electrons. The number of hydrogen-bond acceptors (Lipinski definition) is 3. The maximum Gasteiger partial charge on any atom is 0.270 e. The third-order valence-corrected chi connectivity index (χ3v) is 2.50. The van der Waals surface area contributed by atoms with E-state index in [1.165, 1.54) is 19.2 Å². The third-order valence-electron chi connectivity index (χ3n) is 2.50. The second-order valence-corrected chi connectivity index (χ2v) is 3.55. The van der Waals surface area contributed by atoms with Gasteiger partial charge in [0.25, 0.3) is 5.91 Å². The molecule has 0 spiro atoms. The molecule has 0 unspecified atom stereocenters. The Morgan fingerprint density at radius 3 is 2.86 bits per heavy atom. The van der Waals surface area contributed by atoms with Crippen molar-refractivity contribution >= 4 is 5.91 Å². The van der Waals surface area contributed by atoms with Gasteiger partial charge in [-0.25, -0.2) is 9.97 Å². The first kappa shape index (κ1) is 9.12. The fourth-order valence-corrected chi connectivity index (χ4v) is 1.75. The highest BCUT2D eigenvalue weighted by Crippen LogP contribution is 2.17. The largest absolute Gasteiger partial charge is 0.348 e. The molecule has 1 N–H and O–H groups in total. The van der Waals surface area contributed by atoms with E-state index < -0.39 is 0 Å². The molecule has 0 aromatic carbocycles. The second-order valence-electron chi connectivity index (χ2n) is 3.55. The van der Waals surface area contributed by atoms with Gasteiger partial charge in [-0.2, -0.15) is 0 Å². The van der Waals surface area contributed by atoms with Crippen LogP contribution in [0.4, 0.5) is 0 Å². The van der Waals surface area contributed by atoms with Crippen molar-refractivity contribution in [3.05, 3.63) is 24.3 Å². The van der Waals surface area contributed by atoms with Gasteiger partial charge in [0.1, 0.15) is 12.0 Å². The van der Waals surface area contributed by atoms with Crippen LogP contribution in [0.15, 0.2) is 18.6 Å². The van der Waals surface area contributed by atoms with E-state index in [1.54, 1.807) is 12.3 Å². The quantitative estimate of drug-likeness (QED) is 0.762. The van der Waals surface area contributed by atoms with Crippen molar-refractivity contribution in [3.63, 3.8) is 0 Å². The highest BCUT2D eigenvalue weighted by Gasteiger charge is 2.18. The van der Waals surface area contributed by atoms with Crippen LogP contribution in [0.1, 0.15) is 36.2 Å². The van der Waals surface area contributed by atoms with Gasteiger partial charge in [-0.1, -0.05) is 12.8 Å². The topological polar surface area (TPSA) is 54.9 Å². The van der Waals surface area contributed by atoms with Gasteiger partial charge in [-0.05, 0) is 18.9 Å². The molecule has 4 nitrogen and oxygen atoms in total. The smallest absolute Gasteiger partial charge is 0.270 e.